The van der Waals surface area contributed by atoms with E-state index in [-0.39, 0.29) is 19.0 Å². The average molecular weight is 647 g/mol. The summed E-state index contributed by atoms with van der Waals surface area (Å²) < 4.78 is 66.0. The van der Waals surface area contributed by atoms with Crippen molar-refractivity contribution >= 4 is 44.0 Å². The summed E-state index contributed by atoms with van der Waals surface area (Å²) in [5.41, 5.74) is 2.97. The maximum atomic E-state index is 13.8. The quantitative estimate of drug-likeness (QED) is 0.304. The molecule has 3 aliphatic rings. The SMILES string of the molecule is O=C(Nc1cc2cccnc2c(C2CCN(CC(F)(F)F)CC2)n1)c1ccc(NS(=O)(=O)CCO)cc1N1CCC2(CC1)CC2. The van der Waals surface area contributed by atoms with Crippen LogP contribution in [0.15, 0.2) is 42.6 Å². The fraction of sp³-hybridized carbons (Fsp3) is 0.516. The van der Waals surface area contributed by atoms with Gasteiger partial charge in [0.25, 0.3) is 5.91 Å². The summed E-state index contributed by atoms with van der Waals surface area (Å²) >= 11 is 0. The van der Waals surface area contributed by atoms with E-state index in [0.717, 1.165) is 31.3 Å². The highest BCUT2D eigenvalue weighted by Crippen LogP contribution is 2.54. The van der Waals surface area contributed by atoms with Crippen LogP contribution in [0.2, 0.25) is 0 Å². The molecule has 1 aromatic carbocycles. The number of carbonyl (C=O) groups excluding carboxylic acids is 1. The van der Waals surface area contributed by atoms with E-state index in [9.17, 15) is 26.4 Å². The van der Waals surface area contributed by atoms with Gasteiger partial charge in [-0.1, -0.05) is 6.07 Å². The van der Waals surface area contributed by atoms with Crippen molar-refractivity contribution in [3.05, 3.63) is 53.9 Å². The van der Waals surface area contributed by atoms with Gasteiger partial charge in [0.05, 0.1) is 47.1 Å². The number of hydrogen-bond donors (Lipinski definition) is 3. The van der Waals surface area contributed by atoms with Gasteiger partial charge in [-0.3, -0.25) is 19.4 Å². The number of rotatable bonds is 9. The van der Waals surface area contributed by atoms with Crippen LogP contribution < -0.4 is 14.9 Å². The molecule has 2 saturated heterocycles. The van der Waals surface area contributed by atoms with Crippen LogP contribution in [0.1, 0.15) is 60.5 Å². The molecule has 1 saturated carbocycles. The number of nitrogens with one attached hydrogen (secondary N) is 2. The summed E-state index contributed by atoms with van der Waals surface area (Å²) in [7, 11) is -3.77. The van der Waals surface area contributed by atoms with Crippen molar-refractivity contribution in [2.45, 2.75) is 50.6 Å². The number of alkyl halides is 3. The van der Waals surface area contributed by atoms with Crippen molar-refractivity contribution in [3.63, 3.8) is 0 Å². The average Bonchev–Trinajstić information content (AvgIpc) is 3.75. The molecular formula is C31H37F3N6O4S. The molecule has 2 aliphatic heterocycles. The normalized spacial score (nSPS) is 19.2. The summed E-state index contributed by atoms with van der Waals surface area (Å²) in [4.78, 5) is 26.6. The van der Waals surface area contributed by atoms with Crippen LogP contribution in [0.5, 0.6) is 0 Å². The fourth-order valence-electron chi connectivity index (χ4n) is 6.56. The Kier molecular flexibility index (Phi) is 8.65. The van der Waals surface area contributed by atoms with Gasteiger partial charge in [-0.05, 0) is 87.4 Å². The molecule has 1 amide bonds. The Bertz CT molecular complexity index is 1660. The topological polar surface area (TPSA) is 128 Å². The summed E-state index contributed by atoms with van der Waals surface area (Å²) in [6, 6.07) is 10.1. The highest BCUT2D eigenvalue weighted by Gasteiger charge is 2.44. The molecule has 242 valence electrons. The first-order valence-electron chi connectivity index (χ1n) is 15.3. The molecule has 6 rings (SSSR count). The van der Waals surface area contributed by atoms with Gasteiger partial charge in [-0.15, -0.1) is 0 Å². The van der Waals surface area contributed by atoms with Crippen molar-refractivity contribution in [3.8, 4) is 0 Å². The zero-order valence-corrected chi connectivity index (χ0v) is 25.6. The van der Waals surface area contributed by atoms with Gasteiger partial charge in [0.2, 0.25) is 10.0 Å². The second-order valence-electron chi connectivity index (χ2n) is 12.5. The number of aliphatic hydroxyl groups excluding tert-OH is 1. The number of fused-ring (bicyclic) bond motifs is 1. The number of benzene rings is 1. The van der Waals surface area contributed by atoms with Gasteiger partial charge in [-0.2, -0.15) is 13.2 Å². The molecule has 0 radical (unpaired) electrons. The highest BCUT2D eigenvalue weighted by molar-refractivity contribution is 7.92. The van der Waals surface area contributed by atoms with E-state index in [1.165, 1.54) is 23.8 Å². The Morgan fingerprint density at radius 2 is 1.78 bits per heavy atom. The molecule has 3 fully saturated rings. The minimum Gasteiger partial charge on any atom is -0.395 e. The lowest BCUT2D eigenvalue weighted by molar-refractivity contribution is -0.147. The Hall–Kier alpha value is -3.49. The van der Waals surface area contributed by atoms with E-state index in [4.69, 9.17) is 10.1 Å². The summed E-state index contributed by atoms with van der Waals surface area (Å²) in [6.07, 6.45) is 2.79. The predicted octanol–water partition coefficient (Wildman–Crippen LogP) is 4.74. The van der Waals surface area contributed by atoms with Crippen LogP contribution in [0, 0.1) is 5.41 Å². The van der Waals surface area contributed by atoms with Crippen LogP contribution >= 0.6 is 0 Å². The van der Waals surface area contributed by atoms with Crippen molar-refractivity contribution in [1.29, 1.82) is 0 Å². The number of aromatic nitrogens is 2. The van der Waals surface area contributed by atoms with Crippen LogP contribution in [-0.2, 0) is 10.0 Å². The fourth-order valence-corrected chi connectivity index (χ4v) is 7.39. The molecule has 0 bridgehead atoms. The van der Waals surface area contributed by atoms with E-state index in [1.54, 1.807) is 30.5 Å². The molecule has 3 N–H and O–H groups in total. The summed E-state index contributed by atoms with van der Waals surface area (Å²) in [5, 5.41) is 12.8. The molecule has 0 atom stereocenters. The first-order valence-corrected chi connectivity index (χ1v) is 16.9. The van der Waals surface area contributed by atoms with Crippen LogP contribution in [-0.4, -0.2) is 85.6 Å². The Balaban J connectivity index is 1.27. The van der Waals surface area contributed by atoms with Crippen molar-refractivity contribution in [2.24, 2.45) is 5.41 Å². The minimum absolute atomic E-state index is 0.117. The standard InChI is InChI=1S/C31H37F3N6O4S/c32-31(33,34)20-39-12-5-21(6-13-39)28-27-22(2-1-11-35-27)18-26(36-28)37-29(42)24-4-3-23(38-45(43,44)17-16-41)19-25(24)40-14-9-30(7-8-30)10-15-40/h1-4,11,18-19,21,38,41H,5-10,12-17,20H2,(H,36,37,42). The molecule has 1 spiro atoms. The second kappa shape index (κ2) is 12.4. The number of pyridine rings is 2. The Morgan fingerprint density at radius 3 is 2.44 bits per heavy atom. The molecule has 10 nitrogen and oxygen atoms in total. The number of halogens is 3. The van der Waals surface area contributed by atoms with Gasteiger partial charge >= 0.3 is 6.18 Å². The Labute approximate surface area is 260 Å². The highest BCUT2D eigenvalue weighted by atomic mass is 32.2. The van der Waals surface area contributed by atoms with Crippen LogP contribution in [0.3, 0.4) is 0 Å². The van der Waals surface area contributed by atoms with Gasteiger partial charge in [-0.25, -0.2) is 13.4 Å². The van der Waals surface area contributed by atoms with Gasteiger partial charge in [0.1, 0.15) is 5.82 Å². The number of carbonyl (C=O) groups is 1. The maximum Gasteiger partial charge on any atom is 0.401 e. The molecule has 3 aromatic rings. The van der Waals surface area contributed by atoms with Crippen molar-refractivity contribution in [1.82, 2.24) is 14.9 Å². The lowest BCUT2D eigenvalue weighted by atomic mass is 9.91. The van der Waals surface area contributed by atoms with Crippen LogP contribution in [0.4, 0.5) is 30.4 Å². The summed E-state index contributed by atoms with van der Waals surface area (Å²) in [6.45, 7) is 0.593. The minimum atomic E-state index is -4.25. The van der Waals surface area contributed by atoms with E-state index in [1.807, 2.05) is 6.07 Å². The van der Waals surface area contributed by atoms with Gasteiger partial charge < -0.3 is 15.3 Å². The lowest BCUT2D eigenvalue weighted by Crippen LogP contribution is -2.39. The molecule has 14 heteroatoms. The van der Waals surface area contributed by atoms with Gasteiger partial charge in [0, 0.05) is 30.6 Å². The van der Waals surface area contributed by atoms with E-state index in [0.29, 0.717) is 52.2 Å². The third kappa shape index (κ3) is 7.50. The number of nitrogens with zero attached hydrogens (tertiary/aromatic N) is 4. The number of aliphatic hydroxyl groups is 1. The number of piperidine rings is 2. The smallest absolute Gasteiger partial charge is 0.395 e. The Morgan fingerprint density at radius 1 is 1.04 bits per heavy atom. The third-order valence-corrected chi connectivity index (χ3v) is 10.5. The largest absolute Gasteiger partial charge is 0.401 e. The number of anilines is 3. The van der Waals surface area contributed by atoms with Crippen molar-refractivity contribution < 1.29 is 31.5 Å². The summed E-state index contributed by atoms with van der Waals surface area (Å²) in [5.74, 6) is -0.664. The number of hydrogen-bond acceptors (Lipinski definition) is 8. The number of amides is 1. The van der Waals surface area contributed by atoms with Gasteiger partial charge in [0.15, 0.2) is 0 Å². The monoisotopic (exact) mass is 646 g/mol. The zero-order valence-electron chi connectivity index (χ0n) is 24.8. The number of likely N-dealkylation sites (tertiary alicyclic amines) is 1. The van der Waals surface area contributed by atoms with E-state index in [2.05, 4.69) is 19.9 Å². The molecule has 1 aliphatic carbocycles. The van der Waals surface area contributed by atoms with Crippen molar-refractivity contribution in [2.75, 3.05) is 60.0 Å². The predicted molar refractivity (Wildman–Crippen MR) is 166 cm³/mol. The first-order chi connectivity index (χ1) is 21.4. The zero-order chi connectivity index (χ0) is 31.8. The van der Waals surface area contributed by atoms with E-state index < -0.39 is 41.0 Å². The molecule has 2 aromatic heterocycles. The molecular weight excluding hydrogens is 609 g/mol. The third-order valence-electron chi connectivity index (χ3n) is 9.23. The maximum absolute atomic E-state index is 13.8. The van der Waals surface area contributed by atoms with E-state index >= 15 is 0 Å². The first kappa shape index (κ1) is 31.5. The lowest BCUT2D eigenvalue weighted by Gasteiger charge is -2.35. The molecule has 45 heavy (non-hydrogen) atoms. The molecule has 4 heterocycles. The van der Waals surface area contributed by atoms with Crippen LogP contribution in [0.25, 0.3) is 10.9 Å². The second-order valence-corrected chi connectivity index (χ2v) is 14.3. The number of sulfonamides is 1. The molecule has 0 unspecified atom stereocenters.